The molecule has 1 heterocycles. The van der Waals surface area contributed by atoms with Gasteiger partial charge < -0.3 is 24.4 Å². The zero-order valence-electron chi connectivity index (χ0n) is 9.72. The maximum Gasteiger partial charge on any atom is 0.164 e. The van der Waals surface area contributed by atoms with Gasteiger partial charge in [0.1, 0.15) is 31.1 Å². The molecule has 96 valence electrons. The van der Waals surface area contributed by atoms with Crippen LogP contribution < -0.4 is 0 Å². The quantitative estimate of drug-likeness (QED) is 0.697. The highest BCUT2D eigenvalue weighted by Crippen LogP contribution is 2.31. The summed E-state index contributed by atoms with van der Waals surface area (Å²) in [6, 6.07) is 0. The summed E-state index contributed by atoms with van der Waals surface area (Å²) in [4.78, 5) is 0. The number of hydrogen-bond donors (Lipinski definition) is 2. The molecule has 2 N–H and O–H groups in total. The number of alkyl halides is 1. The van der Waals surface area contributed by atoms with Crippen molar-refractivity contribution < 1.29 is 28.8 Å². The molecule has 0 spiro atoms. The van der Waals surface area contributed by atoms with Crippen LogP contribution >= 0.6 is 0 Å². The van der Waals surface area contributed by atoms with E-state index < -0.39 is 36.9 Å². The van der Waals surface area contributed by atoms with Crippen LogP contribution in [0.4, 0.5) is 4.39 Å². The molecule has 0 amide bonds. The fourth-order valence-electron chi connectivity index (χ4n) is 1.81. The zero-order chi connectivity index (χ0) is 12.3. The lowest BCUT2D eigenvalue weighted by Crippen LogP contribution is -2.46. The van der Waals surface area contributed by atoms with E-state index in [0.717, 1.165) is 0 Å². The van der Waals surface area contributed by atoms with Gasteiger partial charge in [0.25, 0.3) is 0 Å². The van der Waals surface area contributed by atoms with E-state index >= 15 is 0 Å². The molecule has 0 aromatic carbocycles. The summed E-state index contributed by atoms with van der Waals surface area (Å²) >= 11 is 0. The first-order chi connectivity index (χ1) is 7.45. The van der Waals surface area contributed by atoms with Gasteiger partial charge in [-0.05, 0) is 13.8 Å². The van der Waals surface area contributed by atoms with Crippen LogP contribution in [-0.2, 0) is 14.2 Å². The standard InChI is InChI=1S/C10H19FO5/c1-10(2)15-6(4-11)9(16-10)8(13)7(5-12)14-3/h6-9,12-13H,4-5H2,1-3H3/t6?,7?,8-,9?/m1/s1. The summed E-state index contributed by atoms with van der Waals surface area (Å²) < 4.78 is 28.3. The van der Waals surface area contributed by atoms with Crippen molar-refractivity contribution in [2.75, 3.05) is 20.4 Å². The first-order valence-corrected chi connectivity index (χ1v) is 5.18. The van der Waals surface area contributed by atoms with Gasteiger partial charge in [-0.15, -0.1) is 0 Å². The van der Waals surface area contributed by atoms with E-state index in [-0.39, 0.29) is 6.61 Å². The van der Waals surface area contributed by atoms with Crippen LogP contribution in [0.15, 0.2) is 0 Å². The number of rotatable bonds is 5. The Morgan fingerprint density at radius 2 is 2.06 bits per heavy atom. The van der Waals surface area contributed by atoms with Crippen molar-refractivity contribution in [3.05, 3.63) is 0 Å². The molecular weight excluding hydrogens is 219 g/mol. The molecule has 1 aliphatic heterocycles. The molecule has 6 heteroatoms. The van der Waals surface area contributed by atoms with Crippen LogP contribution in [-0.4, -0.2) is 60.8 Å². The Hall–Kier alpha value is -0.270. The monoisotopic (exact) mass is 238 g/mol. The number of ether oxygens (including phenoxy) is 3. The molecule has 0 radical (unpaired) electrons. The van der Waals surface area contributed by atoms with E-state index in [1.807, 2.05) is 0 Å². The lowest BCUT2D eigenvalue weighted by Gasteiger charge is -2.26. The normalized spacial score (nSPS) is 32.6. The minimum Gasteiger partial charge on any atom is -0.394 e. The Bertz CT molecular complexity index is 219. The van der Waals surface area contributed by atoms with E-state index in [4.69, 9.17) is 19.3 Å². The second-order valence-electron chi connectivity index (χ2n) is 4.24. The molecule has 1 aliphatic rings. The summed E-state index contributed by atoms with van der Waals surface area (Å²) in [5, 5.41) is 18.9. The number of hydrogen-bond acceptors (Lipinski definition) is 5. The van der Waals surface area contributed by atoms with Gasteiger partial charge in [0.2, 0.25) is 0 Å². The minimum atomic E-state index is -1.13. The highest BCUT2D eigenvalue weighted by molar-refractivity contribution is 4.89. The number of halogens is 1. The van der Waals surface area contributed by atoms with E-state index in [1.54, 1.807) is 13.8 Å². The summed E-state index contributed by atoms with van der Waals surface area (Å²) in [6.45, 7) is 2.16. The summed E-state index contributed by atoms with van der Waals surface area (Å²) in [5.74, 6) is -0.934. The van der Waals surface area contributed by atoms with Gasteiger partial charge >= 0.3 is 0 Å². The SMILES string of the molecule is COC(CO)[C@@H](O)C1OC(C)(C)OC1CF. The van der Waals surface area contributed by atoms with Gasteiger partial charge in [-0.1, -0.05) is 0 Å². The van der Waals surface area contributed by atoms with Gasteiger partial charge in [0.05, 0.1) is 6.61 Å². The fraction of sp³-hybridized carbons (Fsp3) is 1.00. The van der Waals surface area contributed by atoms with Crippen LogP contribution in [0.5, 0.6) is 0 Å². The molecule has 0 saturated carbocycles. The van der Waals surface area contributed by atoms with Crippen molar-refractivity contribution in [1.82, 2.24) is 0 Å². The van der Waals surface area contributed by atoms with Crippen molar-refractivity contribution in [2.24, 2.45) is 0 Å². The molecule has 3 unspecified atom stereocenters. The van der Waals surface area contributed by atoms with Crippen LogP contribution in [0.2, 0.25) is 0 Å². The van der Waals surface area contributed by atoms with Gasteiger partial charge in [0, 0.05) is 7.11 Å². The zero-order valence-corrected chi connectivity index (χ0v) is 9.72. The molecule has 4 atom stereocenters. The predicted octanol–water partition coefficient (Wildman–Crippen LogP) is -0.156. The highest BCUT2D eigenvalue weighted by Gasteiger charge is 2.46. The van der Waals surface area contributed by atoms with Gasteiger partial charge in [-0.3, -0.25) is 0 Å². The van der Waals surface area contributed by atoms with Gasteiger partial charge in [-0.25, -0.2) is 4.39 Å². The van der Waals surface area contributed by atoms with Crippen molar-refractivity contribution in [3.63, 3.8) is 0 Å². The first-order valence-electron chi connectivity index (χ1n) is 5.18. The Morgan fingerprint density at radius 3 is 2.50 bits per heavy atom. The third-order valence-electron chi connectivity index (χ3n) is 2.57. The number of aliphatic hydroxyl groups is 2. The maximum atomic E-state index is 12.7. The molecular formula is C10H19FO5. The Morgan fingerprint density at radius 1 is 1.44 bits per heavy atom. The largest absolute Gasteiger partial charge is 0.394 e. The van der Waals surface area contributed by atoms with Crippen molar-refractivity contribution in [1.29, 1.82) is 0 Å². The second-order valence-corrected chi connectivity index (χ2v) is 4.24. The molecule has 1 rings (SSSR count). The van der Waals surface area contributed by atoms with E-state index in [2.05, 4.69) is 0 Å². The lowest BCUT2D eigenvalue weighted by molar-refractivity contribution is -0.167. The fourth-order valence-corrected chi connectivity index (χ4v) is 1.81. The summed E-state index contributed by atoms with van der Waals surface area (Å²) in [6.07, 6.45) is -3.61. The molecule has 0 aliphatic carbocycles. The molecule has 16 heavy (non-hydrogen) atoms. The number of aliphatic hydroxyl groups excluding tert-OH is 2. The lowest BCUT2D eigenvalue weighted by atomic mass is 10.0. The summed E-state index contributed by atoms with van der Waals surface area (Å²) in [5.41, 5.74) is 0. The Kier molecular flexibility index (Phi) is 4.63. The second kappa shape index (κ2) is 5.37. The average Bonchev–Trinajstić information content (AvgIpc) is 2.55. The third-order valence-corrected chi connectivity index (χ3v) is 2.57. The first kappa shape index (κ1) is 13.8. The van der Waals surface area contributed by atoms with Gasteiger partial charge in [0.15, 0.2) is 5.79 Å². The number of methoxy groups -OCH3 is 1. The van der Waals surface area contributed by atoms with Crippen molar-refractivity contribution in [3.8, 4) is 0 Å². The maximum absolute atomic E-state index is 12.7. The van der Waals surface area contributed by atoms with Crippen molar-refractivity contribution >= 4 is 0 Å². The topological polar surface area (TPSA) is 68.2 Å². The Labute approximate surface area is 94.1 Å². The van der Waals surface area contributed by atoms with Crippen molar-refractivity contribution in [2.45, 2.75) is 44.1 Å². The smallest absolute Gasteiger partial charge is 0.164 e. The predicted molar refractivity (Wildman–Crippen MR) is 53.7 cm³/mol. The molecule has 0 aromatic rings. The average molecular weight is 238 g/mol. The molecule has 1 fully saturated rings. The Balaban J connectivity index is 2.70. The van der Waals surface area contributed by atoms with Crippen LogP contribution in [0.3, 0.4) is 0 Å². The molecule has 1 saturated heterocycles. The van der Waals surface area contributed by atoms with Gasteiger partial charge in [-0.2, -0.15) is 0 Å². The molecule has 5 nitrogen and oxygen atoms in total. The molecule has 0 aromatic heterocycles. The molecule has 0 bridgehead atoms. The highest BCUT2D eigenvalue weighted by atomic mass is 19.1. The minimum absolute atomic E-state index is 0.364. The van der Waals surface area contributed by atoms with Crippen LogP contribution in [0.1, 0.15) is 13.8 Å². The van der Waals surface area contributed by atoms with E-state index in [9.17, 15) is 9.50 Å². The van der Waals surface area contributed by atoms with E-state index in [0.29, 0.717) is 0 Å². The van der Waals surface area contributed by atoms with E-state index in [1.165, 1.54) is 7.11 Å². The third kappa shape index (κ3) is 2.89. The summed E-state index contributed by atoms with van der Waals surface area (Å²) in [7, 11) is 1.36. The van der Waals surface area contributed by atoms with Crippen LogP contribution in [0, 0.1) is 0 Å². The van der Waals surface area contributed by atoms with Crippen LogP contribution in [0.25, 0.3) is 0 Å².